The first-order valence-electron chi connectivity index (χ1n) is 8.60. The van der Waals surface area contributed by atoms with Crippen molar-refractivity contribution in [2.75, 3.05) is 18.0 Å². The van der Waals surface area contributed by atoms with Gasteiger partial charge in [-0.2, -0.15) is 5.26 Å². The molecule has 0 aliphatic carbocycles. The van der Waals surface area contributed by atoms with Gasteiger partial charge in [-0.05, 0) is 44.9 Å². The second-order valence-corrected chi connectivity index (χ2v) is 6.63. The predicted molar refractivity (Wildman–Crippen MR) is 95.6 cm³/mol. The molecular weight excluding hydrogens is 312 g/mol. The minimum absolute atomic E-state index is 0.298. The summed E-state index contributed by atoms with van der Waals surface area (Å²) in [6.07, 6.45) is 4.17. The Morgan fingerprint density at radius 3 is 2.96 bits per heavy atom. The number of nitriles is 1. The van der Waals surface area contributed by atoms with Crippen LogP contribution in [0.3, 0.4) is 0 Å². The average Bonchev–Trinajstić information content (AvgIpc) is 3.05. The van der Waals surface area contributed by atoms with E-state index in [1.165, 1.54) is 0 Å². The number of nitrogens with zero attached hydrogens (tertiary/aromatic N) is 6. The van der Waals surface area contributed by atoms with Crippen LogP contribution >= 0.6 is 0 Å². The van der Waals surface area contributed by atoms with Crippen molar-refractivity contribution in [3.63, 3.8) is 0 Å². The Balaban J connectivity index is 1.70. The Kier molecular flexibility index (Phi) is 3.85. The lowest BCUT2D eigenvalue weighted by Crippen LogP contribution is -2.35. The van der Waals surface area contributed by atoms with E-state index >= 15 is 0 Å². The molecule has 0 bridgehead atoms. The van der Waals surface area contributed by atoms with Crippen molar-refractivity contribution in [2.24, 2.45) is 0 Å². The van der Waals surface area contributed by atoms with Gasteiger partial charge in [0.05, 0.1) is 16.9 Å². The molecule has 0 spiro atoms. The number of anilines is 1. The molecule has 0 radical (unpaired) electrons. The minimum atomic E-state index is 0.298. The van der Waals surface area contributed by atoms with Gasteiger partial charge in [-0.15, -0.1) is 10.2 Å². The molecule has 0 saturated carbocycles. The van der Waals surface area contributed by atoms with Crippen LogP contribution in [-0.4, -0.2) is 32.7 Å². The van der Waals surface area contributed by atoms with E-state index in [2.05, 4.69) is 30.6 Å². The number of piperidine rings is 1. The Morgan fingerprint density at radius 1 is 1.24 bits per heavy atom. The van der Waals surface area contributed by atoms with E-state index in [-0.39, 0.29) is 0 Å². The van der Waals surface area contributed by atoms with E-state index < -0.39 is 0 Å². The van der Waals surface area contributed by atoms with E-state index in [1.54, 1.807) is 0 Å². The normalized spacial score (nSPS) is 17.6. The van der Waals surface area contributed by atoms with Crippen molar-refractivity contribution in [1.82, 2.24) is 19.6 Å². The van der Waals surface area contributed by atoms with Crippen molar-refractivity contribution in [1.29, 1.82) is 5.26 Å². The molecule has 126 valence electrons. The second-order valence-electron chi connectivity index (χ2n) is 6.63. The van der Waals surface area contributed by atoms with E-state index in [9.17, 15) is 5.26 Å². The number of hydrogen-bond donors (Lipinski definition) is 0. The summed E-state index contributed by atoms with van der Waals surface area (Å²) in [6.45, 7) is 5.67. The highest BCUT2D eigenvalue weighted by molar-refractivity contribution is 5.62. The van der Waals surface area contributed by atoms with E-state index in [0.29, 0.717) is 11.5 Å². The summed E-state index contributed by atoms with van der Waals surface area (Å²) in [4.78, 5) is 6.74. The number of rotatable bonds is 2. The van der Waals surface area contributed by atoms with Gasteiger partial charge in [0.15, 0.2) is 5.65 Å². The molecule has 4 rings (SSSR count). The zero-order valence-electron chi connectivity index (χ0n) is 14.5. The molecule has 3 aromatic rings. The summed E-state index contributed by atoms with van der Waals surface area (Å²) in [5.74, 6) is 1.30. The van der Waals surface area contributed by atoms with Crippen molar-refractivity contribution < 1.29 is 0 Å². The van der Waals surface area contributed by atoms with Crippen LogP contribution in [0.5, 0.6) is 0 Å². The van der Waals surface area contributed by atoms with Gasteiger partial charge < -0.3 is 4.90 Å². The third-order valence-electron chi connectivity index (χ3n) is 4.89. The number of aryl methyl sites for hydroxylation is 2. The molecular formula is C19H20N6. The SMILES string of the molecule is Cc1cc(N2CCCC(c3nnc4ccccn34)C2)c(C#N)c(C)n1. The van der Waals surface area contributed by atoms with Crippen molar-refractivity contribution in [3.05, 3.63) is 53.2 Å². The highest BCUT2D eigenvalue weighted by atomic mass is 15.3. The molecule has 25 heavy (non-hydrogen) atoms. The van der Waals surface area contributed by atoms with Crippen LogP contribution in [0, 0.1) is 25.2 Å². The molecule has 6 heteroatoms. The van der Waals surface area contributed by atoms with Crippen molar-refractivity contribution in [3.8, 4) is 6.07 Å². The fraction of sp³-hybridized carbons (Fsp3) is 0.368. The van der Waals surface area contributed by atoms with Crippen LogP contribution in [-0.2, 0) is 0 Å². The van der Waals surface area contributed by atoms with E-state index in [0.717, 1.165) is 54.5 Å². The van der Waals surface area contributed by atoms with E-state index in [4.69, 9.17) is 0 Å². The van der Waals surface area contributed by atoms with Crippen molar-refractivity contribution in [2.45, 2.75) is 32.6 Å². The Bertz CT molecular complexity index is 968. The maximum absolute atomic E-state index is 9.57. The zero-order chi connectivity index (χ0) is 17.4. The quantitative estimate of drug-likeness (QED) is 0.721. The van der Waals surface area contributed by atoms with Crippen LogP contribution in [0.15, 0.2) is 30.5 Å². The van der Waals surface area contributed by atoms with Crippen molar-refractivity contribution >= 4 is 11.3 Å². The van der Waals surface area contributed by atoms with E-state index in [1.807, 2.05) is 44.3 Å². The van der Waals surface area contributed by atoms with Crippen LogP contribution in [0.2, 0.25) is 0 Å². The number of aromatic nitrogens is 4. The van der Waals surface area contributed by atoms with Gasteiger partial charge in [0.25, 0.3) is 0 Å². The summed E-state index contributed by atoms with van der Waals surface area (Å²) in [6, 6.07) is 10.3. The Labute approximate surface area is 146 Å². The minimum Gasteiger partial charge on any atom is -0.370 e. The first-order valence-corrected chi connectivity index (χ1v) is 8.60. The Hall–Kier alpha value is -2.94. The first-order chi connectivity index (χ1) is 12.2. The van der Waals surface area contributed by atoms with Gasteiger partial charge >= 0.3 is 0 Å². The topological polar surface area (TPSA) is 70.1 Å². The standard InChI is InChI=1S/C19H20N6/c1-13-10-17(16(11-20)14(2)21-13)24-8-5-6-15(12-24)19-23-22-18-7-3-4-9-25(18)19/h3-4,7,9-10,15H,5-6,8,12H2,1-2H3. The molecule has 0 aromatic carbocycles. The van der Waals surface area contributed by atoms with Gasteiger partial charge in [-0.1, -0.05) is 6.07 Å². The Morgan fingerprint density at radius 2 is 2.12 bits per heavy atom. The fourth-order valence-corrected chi connectivity index (χ4v) is 3.74. The third-order valence-corrected chi connectivity index (χ3v) is 4.89. The fourth-order valence-electron chi connectivity index (χ4n) is 3.74. The molecule has 4 heterocycles. The average molecular weight is 332 g/mol. The van der Waals surface area contributed by atoms with Gasteiger partial charge in [-0.3, -0.25) is 9.38 Å². The second kappa shape index (κ2) is 6.17. The number of pyridine rings is 2. The monoisotopic (exact) mass is 332 g/mol. The van der Waals surface area contributed by atoms with Crippen LogP contribution < -0.4 is 4.90 Å². The summed E-state index contributed by atoms with van der Waals surface area (Å²) in [5.41, 5.74) is 4.29. The molecule has 6 nitrogen and oxygen atoms in total. The molecule has 0 amide bonds. The maximum atomic E-state index is 9.57. The molecule has 1 fully saturated rings. The summed E-state index contributed by atoms with van der Waals surface area (Å²) in [7, 11) is 0. The predicted octanol–water partition coefficient (Wildman–Crippen LogP) is 3.00. The first kappa shape index (κ1) is 15.6. The zero-order valence-corrected chi connectivity index (χ0v) is 14.5. The molecule has 0 N–H and O–H groups in total. The molecule has 1 saturated heterocycles. The lowest BCUT2D eigenvalue weighted by atomic mass is 9.96. The summed E-state index contributed by atoms with van der Waals surface area (Å²) >= 11 is 0. The molecule has 3 aromatic heterocycles. The maximum Gasteiger partial charge on any atom is 0.160 e. The van der Waals surface area contributed by atoms with Gasteiger partial charge in [-0.25, -0.2) is 0 Å². The number of hydrogen-bond acceptors (Lipinski definition) is 5. The van der Waals surface area contributed by atoms with Gasteiger partial charge in [0.1, 0.15) is 11.9 Å². The molecule has 1 atom stereocenters. The molecule has 1 aliphatic heterocycles. The lowest BCUT2D eigenvalue weighted by Gasteiger charge is -2.34. The summed E-state index contributed by atoms with van der Waals surface area (Å²) < 4.78 is 2.07. The molecule has 1 unspecified atom stereocenters. The van der Waals surface area contributed by atoms with Gasteiger partial charge in [0.2, 0.25) is 0 Å². The highest BCUT2D eigenvalue weighted by Gasteiger charge is 2.27. The smallest absolute Gasteiger partial charge is 0.160 e. The molecule has 1 aliphatic rings. The van der Waals surface area contributed by atoms with Gasteiger partial charge in [0, 0.05) is 30.9 Å². The summed E-state index contributed by atoms with van der Waals surface area (Å²) in [5, 5.41) is 18.3. The third kappa shape index (κ3) is 2.72. The van der Waals surface area contributed by atoms with Crippen LogP contribution in [0.1, 0.15) is 41.5 Å². The van der Waals surface area contributed by atoms with Crippen LogP contribution in [0.25, 0.3) is 5.65 Å². The lowest BCUT2D eigenvalue weighted by molar-refractivity contribution is 0.488. The highest BCUT2D eigenvalue weighted by Crippen LogP contribution is 2.32. The number of fused-ring (bicyclic) bond motifs is 1. The largest absolute Gasteiger partial charge is 0.370 e. The van der Waals surface area contributed by atoms with Crippen LogP contribution in [0.4, 0.5) is 5.69 Å².